The summed E-state index contributed by atoms with van der Waals surface area (Å²) >= 11 is 1.63. The van der Waals surface area contributed by atoms with Gasteiger partial charge in [-0.3, -0.25) is 0 Å². The molecule has 0 bridgehead atoms. The minimum absolute atomic E-state index is 0. The van der Waals surface area contributed by atoms with Crippen molar-refractivity contribution in [1.82, 2.24) is 4.90 Å². The number of anilines is 1. The third kappa shape index (κ3) is 5.63. The number of nitrogens with zero attached hydrogens (tertiary/aromatic N) is 3. The van der Waals surface area contributed by atoms with Gasteiger partial charge in [0.25, 0.3) is 0 Å². The third-order valence-corrected chi connectivity index (χ3v) is 6.33. The van der Waals surface area contributed by atoms with Crippen molar-refractivity contribution in [2.75, 3.05) is 37.6 Å². The molecule has 154 valence electrons. The van der Waals surface area contributed by atoms with E-state index in [1.54, 1.807) is 11.3 Å². The maximum Gasteiger partial charge on any atom is 0.141 e. The highest BCUT2D eigenvalue weighted by molar-refractivity contribution is 7.12. The molecule has 2 aromatic rings. The van der Waals surface area contributed by atoms with Crippen LogP contribution in [0.1, 0.15) is 36.1 Å². The van der Waals surface area contributed by atoms with Gasteiger partial charge in [0.1, 0.15) is 5.84 Å². The van der Waals surface area contributed by atoms with Gasteiger partial charge in [-0.05, 0) is 80.4 Å². The van der Waals surface area contributed by atoms with Crippen molar-refractivity contribution < 1.29 is 0 Å². The molecule has 1 aromatic carbocycles. The van der Waals surface area contributed by atoms with E-state index in [1.165, 1.54) is 63.1 Å². The van der Waals surface area contributed by atoms with Gasteiger partial charge in [0.2, 0.25) is 0 Å². The number of amidine groups is 1. The van der Waals surface area contributed by atoms with E-state index >= 15 is 0 Å². The molecule has 4 rings (SSSR count). The third-order valence-electron chi connectivity index (χ3n) is 5.44. The van der Waals surface area contributed by atoms with E-state index in [-0.39, 0.29) is 24.8 Å². The molecule has 0 unspecified atom stereocenters. The van der Waals surface area contributed by atoms with Crippen molar-refractivity contribution in [3.63, 3.8) is 0 Å². The summed E-state index contributed by atoms with van der Waals surface area (Å²) in [6.07, 6.45) is 6.39. The molecule has 0 atom stereocenters. The minimum Gasteiger partial charge on any atom is -0.383 e. The van der Waals surface area contributed by atoms with Crippen molar-refractivity contribution >= 4 is 53.4 Å². The van der Waals surface area contributed by atoms with E-state index in [1.807, 2.05) is 17.5 Å². The summed E-state index contributed by atoms with van der Waals surface area (Å²) in [7, 11) is 0. The number of halogens is 2. The molecule has 7 heteroatoms. The number of rotatable bonds is 5. The number of benzene rings is 1. The fourth-order valence-electron chi connectivity index (χ4n) is 4.01. The second-order valence-corrected chi connectivity index (χ2v) is 8.23. The van der Waals surface area contributed by atoms with Gasteiger partial charge in [0, 0.05) is 25.3 Å². The fourth-order valence-corrected chi connectivity index (χ4v) is 4.64. The largest absolute Gasteiger partial charge is 0.383 e. The summed E-state index contributed by atoms with van der Waals surface area (Å²) in [6.45, 7) is 6.03. The van der Waals surface area contributed by atoms with Gasteiger partial charge in [-0.1, -0.05) is 6.07 Å². The van der Waals surface area contributed by atoms with Crippen LogP contribution in [0.25, 0.3) is 0 Å². The van der Waals surface area contributed by atoms with Crippen molar-refractivity contribution in [2.24, 2.45) is 10.7 Å². The first-order valence-corrected chi connectivity index (χ1v) is 10.7. The first-order valence-electron chi connectivity index (χ1n) is 9.78. The highest BCUT2D eigenvalue weighted by atomic mass is 35.5. The van der Waals surface area contributed by atoms with E-state index < -0.39 is 0 Å². The smallest absolute Gasteiger partial charge is 0.141 e. The average molecular weight is 441 g/mol. The molecule has 2 aliphatic rings. The standard InChI is InChI=1S/C21H28N4S.2ClH/c22-21(20-7-5-15-26-20)23-18-8-9-19-17(16-18)6-1-2-12-25(19)14-13-24-10-3-4-11-24;;/h5,7-9,15-16H,1-4,6,10-14H2,(H2,22,23);2*1H. The van der Waals surface area contributed by atoms with Crippen molar-refractivity contribution in [2.45, 2.75) is 32.1 Å². The number of hydrogen-bond donors (Lipinski definition) is 1. The molecule has 0 radical (unpaired) electrons. The SMILES string of the molecule is Cl.Cl.NC(=Nc1ccc2c(c1)CCCCN2CCN1CCCC1)c1cccs1. The van der Waals surface area contributed by atoms with Crippen LogP contribution in [0.2, 0.25) is 0 Å². The first kappa shape index (κ1) is 23.0. The Hall–Kier alpha value is -1.27. The van der Waals surface area contributed by atoms with Crippen molar-refractivity contribution in [1.29, 1.82) is 0 Å². The first-order chi connectivity index (χ1) is 12.8. The molecule has 1 fully saturated rings. The molecular weight excluding hydrogens is 411 g/mol. The van der Waals surface area contributed by atoms with Gasteiger partial charge in [0.05, 0.1) is 10.6 Å². The molecule has 3 heterocycles. The second-order valence-electron chi connectivity index (χ2n) is 7.28. The van der Waals surface area contributed by atoms with Crippen LogP contribution < -0.4 is 10.6 Å². The summed E-state index contributed by atoms with van der Waals surface area (Å²) in [5.41, 5.74) is 9.96. The lowest BCUT2D eigenvalue weighted by atomic mass is 10.1. The predicted molar refractivity (Wildman–Crippen MR) is 126 cm³/mol. The molecule has 0 saturated carbocycles. The molecule has 4 nitrogen and oxygen atoms in total. The predicted octanol–water partition coefficient (Wildman–Crippen LogP) is 4.87. The fraction of sp³-hybridized carbons (Fsp3) is 0.476. The summed E-state index contributed by atoms with van der Waals surface area (Å²) in [5.74, 6) is 0.611. The summed E-state index contributed by atoms with van der Waals surface area (Å²) in [6, 6.07) is 10.6. The Bertz CT molecular complexity index is 758. The number of fused-ring (bicyclic) bond motifs is 1. The maximum atomic E-state index is 6.17. The molecule has 28 heavy (non-hydrogen) atoms. The topological polar surface area (TPSA) is 44.9 Å². The maximum absolute atomic E-state index is 6.17. The number of aryl methyl sites for hydroxylation is 1. The van der Waals surface area contributed by atoms with Crippen LogP contribution in [-0.4, -0.2) is 43.5 Å². The summed E-state index contributed by atoms with van der Waals surface area (Å²) in [5, 5.41) is 2.03. The highest BCUT2D eigenvalue weighted by Crippen LogP contribution is 2.30. The Morgan fingerprint density at radius 2 is 1.79 bits per heavy atom. The number of likely N-dealkylation sites (tertiary alicyclic amines) is 1. The Morgan fingerprint density at radius 3 is 2.54 bits per heavy atom. The summed E-state index contributed by atoms with van der Waals surface area (Å²) < 4.78 is 0. The quantitative estimate of drug-likeness (QED) is 0.532. The number of thiophene rings is 1. The molecule has 1 aromatic heterocycles. The van der Waals surface area contributed by atoms with Crippen LogP contribution in [-0.2, 0) is 6.42 Å². The zero-order chi connectivity index (χ0) is 17.8. The molecular formula is C21H30Cl2N4S. The zero-order valence-corrected chi connectivity index (χ0v) is 18.6. The van der Waals surface area contributed by atoms with Gasteiger partial charge >= 0.3 is 0 Å². The molecule has 1 saturated heterocycles. The van der Waals surface area contributed by atoms with Crippen LogP contribution in [0.5, 0.6) is 0 Å². The number of nitrogens with two attached hydrogens (primary N) is 1. The molecule has 0 aliphatic carbocycles. The number of aliphatic imine (C=N–C) groups is 1. The molecule has 2 aliphatic heterocycles. The van der Waals surface area contributed by atoms with Gasteiger partial charge in [-0.15, -0.1) is 36.2 Å². The van der Waals surface area contributed by atoms with Crippen LogP contribution >= 0.6 is 36.2 Å². The van der Waals surface area contributed by atoms with Crippen LogP contribution in [0, 0.1) is 0 Å². The van der Waals surface area contributed by atoms with E-state index in [9.17, 15) is 0 Å². The molecule has 0 amide bonds. The van der Waals surface area contributed by atoms with Crippen LogP contribution in [0.4, 0.5) is 11.4 Å². The Kier molecular flexibility index (Phi) is 9.09. The second kappa shape index (κ2) is 11.1. The zero-order valence-electron chi connectivity index (χ0n) is 16.2. The van der Waals surface area contributed by atoms with Gasteiger partial charge < -0.3 is 15.5 Å². The number of hydrogen-bond acceptors (Lipinski definition) is 4. The average Bonchev–Trinajstić information content (AvgIpc) is 3.32. The highest BCUT2D eigenvalue weighted by Gasteiger charge is 2.18. The lowest BCUT2D eigenvalue weighted by molar-refractivity contribution is 0.344. The lowest BCUT2D eigenvalue weighted by Gasteiger charge is -2.27. The minimum atomic E-state index is 0. The van der Waals surface area contributed by atoms with Gasteiger partial charge in [-0.2, -0.15) is 0 Å². The van der Waals surface area contributed by atoms with E-state index in [0.29, 0.717) is 5.84 Å². The van der Waals surface area contributed by atoms with Crippen molar-refractivity contribution in [3.05, 3.63) is 46.2 Å². The lowest BCUT2D eigenvalue weighted by Crippen LogP contribution is -2.34. The van der Waals surface area contributed by atoms with Gasteiger partial charge in [-0.25, -0.2) is 4.99 Å². The van der Waals surface area contributed by atoms with E-state index in [0.717, 1.165) is 23.5 Å². The normalized spacial score (nSPS) is 17.4. The monoisotopic (exact) mass is 440 g/mol. The van der Waals surface area contributed by atoms with E-state index in [2.05, 4.69) is 33.0 Å². The van der Waals surface area contributed by atoms with Crippen LogP contribution in [0.15, 0.2) is 40.7 Å². The van der Waals surface area contributed by atoms with Crippen LogP contribution in [0.3, 0.4) is 0 Å². The Morgan fingerprint density at radius 1 is 1.00 bits per heavy atom. The van der Waals surface area contributed by atoms with Gasteiger partial charge in [0.15, 0.2) is 0 Å². The van der Waals surface area contributed by atoms with Crippen molar-refractivity contribution in [3.8, 4) is 0 Å². The molecule has 0 spiro atoms. The Balaban J connectivity index is 0.00000140. The Labute approximate surface area is 184 Å². The molecule has 2 N–H and O–H groups in total. The van der Waals surface area contributed by atoms with E-state index in [4.69, 9.17) is 5.73 Å². The summed E-state index contributed by atoms with van der Waals surface area (Å²) in [4.78, 5) is 10.9.